The zero-order valence-corrected chi connectivity index (χ0v) is 11.6. The van der Waals surface area contributed by atoms with Crippen LogP contribution in [0.2, 0.25) is 0 Å². The van der Waals surface area contributed by atoms with Crippen LogP contribution in [0, 0.1) is 18.3 Å². The van der Waals surface area contributed by atoms with E-state index in [1.807, 2.05) is 0 Å². The molecule has 1 heterocycles. The molecule has 1 unspecified atom stereocenters. The van der Waals surface area contributed by atoms with Crippen LogP contribution in [-0.4, -0.2) is 10.1 Å². The van der Waals surface area contributed by atoms with Crippen molar-refractivity contribution in [3.05, 3.63) is 11.7 Å². The number of nitrogens with two attached hydrogens (primary N) is 1. The van der Waals surface area contributed by atoms with Gasteiger partial charge in [-0.2, -0.15) is 4.98 Å². The predicted octanol–water partition coefficient (Wildman–Crippen LogP) is 3.17. The predicted molar refractivity (Wildman–Crippen MR) is 74.3 cm³/mol. The maximum absolute atomic E-state index is 5.87. The van der Waals surface area contributed by atoms with Crippen molar-refractivity contribution >= 4 is 0 Å². The first-order valence-corrected chi connectivity index (χ1v) is 7.27. The highest BCUT2D eigenvalue weighted by atomic mass is 16.5. The van der Waals surface area contributed by atoms with E-state index >= 15 is 0 Å². The standard InChI is InChI=1S/C15H23N3O/c1-3-5-11-7-9-12(10-8-11)14-17-15(19-18-14)13(16)6-4-2/h2,11-13H,3,5-10,16H2,1H3. The third kappa shape index (κ3) is 3.57. The van der Waals surface area contributed by atoms with Crippen LogP contribution in [0.4, 0.5) is 0 Å². The smallest absolute Gasteiger partial charge is 0.244 e. The molecule has 4 heteroatoms. The van der Waals surface area contributed by atoms with Gasteiger partial charge in [0.25, 0.3) is 0 Å². The molecule has 0 aliphatic heterocycles. The van der Waals surface area contributed by atoms with E-state index in [0.29, 0.717) is 18.2 Å². The van der Waals surface area contributed by atoms with Crippen molar-refractivity contribution in [1.82, 2.24) is 10.1 Å². The minimum atomic E-state index is -0.331. The van der Waals surface area contributed by atoms with Gasteiger partial charge in [-0.3, -0.25) is 0 Å². The Morgan fingerprint density at radius 1 is 1.42 bits per heavy atom. The highest BCUT2D eigenvalue weighted by Gasteiger charge is 2.26. The first-order valence-electron chi connectivity index (χ1n) is 7.27. The number of hydrogen-bond donors (Lipinski definition) is 1. The van der Waals surface area contributed by atoms with Gasteiger partial charge in [-0.25, -0.2) is 0 Å². The monoisotopic (exact) mass is 261 g/mol. The molecule has 0 saturated heterocycles. The number of hydrogen-bond acceptors (Lipinski definition) is 4. The van der Waals surface area contributed by atoms with Crippen LogP contribution in [0.15, 0.2) is 4.52 Å². The maximum Gasteiger partial charge on any atom is 0.244 e. The van der Waals surface area contributed by atoms with Crippen molar-refractivity contribution in [2.75, 3.05) is 0 Å². The summed E-state index contributed by atoms with van der Waals surface area (Å²) in [5.41, 5.74) is 5.87. The fourth-order valence-electron chi connectivity index (χ4n) is 2.90. The molecule has 1 atom stereocenters. The summed E-state index contributed by atoms with van der Waals surface area (Å²) < 4.78 is 5.22. The fraction of sp³-hybridized carbons (Fsp3) is 0.733. The molecule has 1 fully saturated rings. The van der Waals surface area contributed by atoms with E-state index in [4.69, 9.17) is 16.7 Å². The van der Waals surface area contributed by atoms with E-state index in [0.717, 1.165) is 24.6 Å². The topological polar surface area (TPSA) is 64.9 Å². The normalized spacial score (nSPS) is 24.9. The van der Waals surface area contributed by atoms with E-state index in [2.05, 4.69) is 23.0 Å². The molecule has 0 aromatic carbocycles. The van der Waals surface area contributed by atoms with Crippen LogP contribution < -0.4 is 5.73 Å². The fourth-order valence-corrected chi connectivity index (χ4v) is 2.90. The SMILES string of the molecule is C#CCC(N)c1nc(C2CCC(CCC)CC2)no1. The van der Waals surface area contributed by atoms with Crippen LogP contribution in [0.3, 0.4) is 0 Å². The van der Waals surface area contributed by atoms with Crippen molar-refractivity contribution < 1.29 is 4.52 Å². The van der Waals surface area contributed by atoms with Gasteiger partial charge in [0.05, 0.1) is 6.04 Å². The van der Waals surface area contributed by atoms with Crippen LogP contribution in [-0.2, 0) is 0 Å². The molecule has 0 radical (unpaired) electrons. The average molecular weight is 261 g/mol. The lowest BCUT2D eigenvalue weighted by atomic mass is 9.80. The third-order valence-electron chi connectivity index (χ3n) is 4.02. The lowest BCUT2D eigenvalue weighted by molar-refractivity contribution is 0.293. The summed E-state index contributed by atoms with van der Waals surface area (Å²) in [6.07, 6.45) is 13.2. The van der Waals surface area contributed by atoms with Gasteiger partial charge in [0, 0.05) is 12.3 Å². The quantitative estimate of drug-likeness (QED) is 0.827. The first-order chi connectivity index (χ1) is 9.24. The second-order valence-corrected chi connectivity index (χ2v) is 5.51. The average Bonchev–Trinajstić information content (AvgIpc) is 2.90. The van der Waals surface area contributed by atoms with Crippen LogP contribution >= 0.6 is 0 Å². The summed E-state index contributed by atoms with van der Waals surface area (Å²) in [5, 5.41) is 4.08. The van der Waals surface area contributed by atoms with Gasteiger partial charge in [0.15, 0.2) is 5.82 Å². The molecule has 2 N–H and O–H groups in total. The highest BCUT2D eigenvalue weighted by molar-refractivity contribution is 5.02. The molecule has 0 spiro atoms. The Morgan fingerprint density at radius 3 is 2.79 bits per heavy atom. The summed E-state index contributed by atoms with van der Waals surface area (Å²) in [6.45, 7) is 2.25. The number of aromatic nitrogens is 2. The Labute approximate surface area is 115 Å². The van der Waals surface area contributed by atoms with Crippen LogP contribution in [0.5, 0.6) is 0 Å². The minimum Gasteiger partial charge on any atom is -0.338 e. The molecule has 2 rings (SSSR count). The van der Waals surface area contributed by atoms with Crippen LogP contribution in [0.25, 0.3) is 0 Å². The first kappa shape index (κ1) is 14.1. The molecule has 4 nitrogen and oxygen atoms in total. The van der Waals surface area contributed by atoms with Gasteiger partial charge < -0.3 is 10.3 Å². The van der Waals surface area contributed by atoms with Crippen molar-refractivity contribution in [2.45, 2.75) is 63.8 Å². The lowest BCUT2D eigenvalue weighted by Crippen LogP contribution is -2.14. The molecule has 1 saturated carbocycles. The molecule has 0 bridgehead atoms. The molecule has 19 heavy (non-hydrogen) atoms. The molecular formula is C15H23N3O. The Hall–Kier alpha value is -1.34. The molecule has 104 valence electrons. The van der Waals surface area contributed by atoms with Crippen LogP contribution in [0.1, 0.15) is 75.5 Å². The Balaban J connectivity index is 1.91. The van der Waals surface area contributed by atoms with Gasteiger partial charge in [0.1, 0.15) is 0 Å². The summed E-state index contributed by atoms with van der Waals surface area (Å²) in [4.78, 5) is 4.43. The summed E-state index contributed by atoms with van der Waals surface area (Å²) in [5.74, 6) is 5.13. The maximum atomic E-state index is 5.87. The molecule has 1 aromatic heterocycles. The van der Waals surface area contributed by atoms with Crippen molar-refractivity contribution in [1.29, 1.82) is 0 Å². The third-order valence-corrected chi connectivity index (χ3v) is 4.02. The molecule has 1 aliphatic rings. The zero-order valence-electron chi connectivity index (χ0n) is 11.6. The highest BCUT2D eigenvalue weighted by Crippen LogP contribution is 2.36. The number of nitrogens with zero attached hydrogens (tertiary/aromatic N) is 2. The second-order valence-electron chi connectivity index (χ2n) is 5.51. The molecule has 1 aliphatic carbocycles. The summed E-state index contributed by atoms with van der Waals surface area (Å²) in [6, 6.07) is -0.331. The van der Waals surface area contributed by atoms with Gasteiger partial charge >= 0.3 is 0 Å². The van der Waals surface area contributed by atoms with Crippen molar-refractivity contribution in [3.63, 3.8) is 0 Å². The van der Waals surface area contributed by atoms with Gasteiger partial charge in [-0.05, 0) is 31.6 Å². The number of rotatable bonds is 5. The Kier molecular flexibility index (Phi) is 4.98. The van der Waals surface area contributed by atoms with E-state index in [-0.39, 0.29) is 6.04 Å². The van der Waals surface area contributed by atoms with E-state index in [1.54, 1.807) is 0 Å². The zero-order chi connectivity index (χ0) is 13.7. The summed E-state index contributed by atoms with van der Waals surface area (Å²) >= 11 is 0. The van der Waals surface area contributed by atoms with Gasteiger partial charge in [0.2, 0.25) is 5.89 Å². The Bertz CT molecular complexity index is 427. The lowest BCUT2D eigenvalue weighted by Gasteiger charge is -2.26. The van der Waals surface area contributed by atoms with Crippen molar-refractivity contribution in [3.8, 4) is 12.3 Å². The summed E-state index contributed by atoms with van der Waals surface area (Å²) in [7, 11) is 0. The second kappa shape index (κ2) is 6.72. The van der Waals surface area contributed by atoms with Crippen molar-refractivity contribution in [2.24, 2.45) is 11.7 Å². The minimum absolute atomic E-state index is 0.331. The van der Waals surface area contributed by atoms with Gasteiger partial charge in [-0.15, -0.1) is 12.3 Å². The molecular weight excluding hydrogens is 238 g/mol. The van der Waals surface area contributed by atoms with E-state index in [9.17, 15) is 0 Å². The molecule has 0 amide bonds. The number of terminal acetylenes is 1. The van der Waals surface area contributed by atoms with Gasteiger partial charge in [-0.1, -0.05) is 24.9 Å². The van der Waals surface area contributed by atoms with E-state index in [1.165, 1.54) is 25.7 Å². The molecule has 1 aromatic rings. The Morgan fingerprint density at radius 2 is 2.16 bits per heavy atom. The van der Waals surface area contributed by atoms with E-state index < -0.39 is 0 Å². The largest absolute Gasteiger partial charge is 0.338 e.